The van der Waals surface area contributed by atoms with E-state index < -0.39 is 23.4 Å². The van der Waals surface area contributed by atoms with E-state index in [1.807, 2.05) is 0 Å². The Morgan fingerprint density at radius 2 is 1.78 bits per heavy atom. The number of hydrogen-bond donors (Lipinski definition) is 2. The molecule has 1 aromatic carbocycles. The second-order valence-electron chi connectivity index (χ2n) is 3.75. The van der Waals surface area contributed by atoms with Crippen LogP contribution in [-0.4, -0.2) is 16.1 Å². The number of halogens is 3. The van der Waals surface area contributed by atoms with Crippen molar-refractivity contribution in [1.29, 1.82) is 0 Å². The van der Waals surface area contributed by atoms with E-state index in [0.29, 0.717) is 17.7 Å². The van der Waals surface area contributed by atoms with Crippen LogP contribution in [0.25, 0.3) is 0 Å². The van der Waals surface area contributed by atoms with Gasteiger partial charge in [0.15, 0.2) is 0 Å². The summed E-state index contributed by atoms with van der Waals surface area (Å²) in [4.78, 5) is 13.1. The average Bonchev–Trinajstić information content (AvgIpc) is 2.71. The van der Waals surface area contributed by atoms with Crippen molar-refractivity contribution in [3.8, 4) is 0 Å². The van der Waals surface area contributed by atoms with Crippen molar-refractivity contribution in [2.45, 2.75) is 6.42 Å². The molecule has 0 fully saturated rings. The normalized spacial score (nSPS) is 10.6. The van der Waals surface area contributed by atoms with Crippen LogP contribution in [0.1, 0.15) is 21.6 Å². The molecular weight excluding hydrogens is 247 g/mol. The van der Waals surface area contributed by atoms with Crippen LogP contribution in [0.5, 0.6) is 0 Å². The van der Waals surface area contributed by atoms with E-state index in [2.05, 4.69) is 4.98 Å². The van der Waals surface area contributed by atoms with Gasteiger partial charge in [-0.25, -0.2) is 18.0 Å². The van der Waals surface area contributed by atoms with E-state index in [9.17, 15) is 18.0 Å². The highest BCUT2D eigenvalue weighted by Crippen LogP contribution is 2.19. The third kappa shape index (κ3) is 2.37. The van der Waals surface area contributed by atoms with E-state index >= 15 is 0 Å². The van der Waals surface area contributed by atoms with Crippen molar-refractivity contribution in [3.05, 3.63) is 58.7 Å². The fourth-order valence-electron chi connectivity index (χ4n) is 1.61. The Balaban J connectivity index is 2.31. The molecule has 0 aliphatic heterocycles. The average molecular weight is 255 g/mol. The number of aromatic nitrogens is 1. The molecule has 2 aromatic rings. The smallest absolute Gasteiger partial charge is 0.352 e. The second kappa shape index (κ2) is 4.56. The van der Waals surface area contributed by atoms with Gasteiger partial charge in [-0.15, -0.1) is 0 Å². The maximum atomic E-state index is 13.4. The minimum Gasteiger partial charge on any atom is -0.477 e. The Labute approximate surface area is 99.9 Å². The van der Waals surface area contributed by atoms with Crippen molar-refractivity contribution >= 4 is 5.97 Å². The van der Waals surface area contributed by atoms with Crippen LogP contribution < -0.4 is 0 Å². The van der Waals surface area contributed by atoms with Crippen molar-refractivity contribution < 1.29 is 23.1 Å². The van der Waals surface area contributed by atoms with E-state index in [1.54, 1.807) is 0 Å². The number of rotatable bonds is 3. The maximum absolute atomic E-state index is 13.4. The standard InChI is InChI=1S/C12H8F3NO2/c13-7-3-9(14)8(10(15)4-7)1-6-2-11(12(17)18)16-5-6/h2-5,16H,1H2,(H,17,18). The molecule has 94 valence electrons. The molecular formula is C12H8F3NO2. The molecule has 0 saturated heterocycles. The molecule has 2 rings (SSSR count). The lowest BCUT2D eigenvalue weighted by molar-refractivity contribution is 0.0691. The predicted molar refractivity (Wildman–Crippen MR) is 56.9 cm³/mol. The summed E-state index contributed by atoms with van der Waals surface area (Å²) in [5.74, 6) is -4.15. The number of carbonyl (C=O) groups is 1. The van der Waals surface area contributed by atoms with Crippen molar-refractivity contribution in [2.24, 2.45) is 0 Å². The highest BCUT2D eigenvalue weighted by atomic mass is 19.1. The summed E-state index contributed by atoms with van der Waals surface area (Å²) >= 11 is 0. The molecule has 0 amide bonds. The minimum absolute atomic E-state index is 0.0760. The van der Waals surface area contributed by atoms with Gasteiger partial charge in [0, 0.05) is 30.3 Å². The van der Waals surface area contributed by atoms with Gasteiger partial charge in [0.25, 0.3) is 0 Å². The van der Waals surface area contributed by atoms with E-state index in [-0.39, 0.29) is 17.7 Å². The molecule has 0 atom stereocenters. The number of nitrogens with one attached hydrogen (secondary N) is 1. The third-order valence-electron chi connectivity index (χ3n) is 2.46. The Kier molecular flexibility index (Phi) is 3.10. The number of carboxylic acid groups (broad SMARTS) is 1. The van der Waals surface area contributed by atoms with Gasteiger partial charge in [-0.1, -0.05) is 0 Å². The molecule has 6 heteroatoms. The van der Waals surface area contributed by atoms with Crippen LogP contribution in [0, 0.1) is 17.5 Å². The second-order valence-corrected chi connectivity index (χ2v) is 3.75. The van der Waals surface area contributed by atoms with Crippen LogP contribution >= 0.6 is 0 Å². The van der Waals surface area contributed by atoms with Gasteiger partial charge >= 0.3 is 5.97 Å². The summed E-state index contributed by atoms with van der Waals surface area (Å²) < 4.78 is 39.4. The minimum atomic E-state index is -1.17. The molecule has 1 aromatic heterocycles. The number of aromatic carboxylic acids is 1. The molecule has 18 heavy (non-hydrogen) atoms. The predicted octanol–water partition coefficient (Wildman–Crippen LogP) is 2.72. The number of hydrogen-bond acceptors (Lipinski definition) is 1. The number of H-pyrrole nitrogens is 1. The first-order chi connectivity index (χ1) is 8.47. The Morgan fingerprint density at radius 3 is 2.28 bits per heavy atom. The van der Waals surface area contributed by atoms with Crippen LogP contribution in [0.4, 0.5) is 13.2 Å². The van der Waals surface area contributed by atoms with Crippen LogP contribution in [0.2, 0.25) is 0 Å². The van der Waals surface area contributed by atoms with Crippen molar-refractivity contribution in [3.63, 3.8) is 0 Å². The Morgan fingerprint density at radius 1 is 1.17 bits per heavy atom. The summed E-state index contributed by atoms with van der Waals surface area (Å²) in [6, 6.07) is 2.44. The monoisotopic (exact) mass is 255 g/mol. The summed E-state index contributed by atoms with van der Waals surface area (Å²) in [6.07, 6.45) is 1.19. The van der Waals surface area contributed by atoms with Gasteiger partial charge in [-0.3, -0.25) is 0 Å². The lowest BCUT2D eigenvalue weighted by Crippen LogP contribution is -1.98. The number of carboxylic acids is 1. The fraction of sp³-hybridized carbons (Fsp3) is 0.0833. The molecule has 0 saturated carbocycles. The summed E-state index contributed by atoms with van der Waals surface area (Å²) in [5.41, 5.74) is 0.0251. The van der Waals surface area contributed by atoms with Crippen molar-refractivity contribution in [1.82, 2.24) is 4.98 Å². The first kappa shape index (κ1) is 12.2. The molecule has 0 aliphatic rings. The summed E-state index contributed by atoms with van der Waals surface area (Å²) in [5, 5.41) is 8.68. The molecule has 1 heterocycles. The van der Waals surface area contributed by atoms with Gasteiger partial charge in [-0.05, 0) is 11.6 Å². The van der Waals surface area contributed by atoms with E-state index in [1.165, 1.54) is 12.3 Å². The lowest BCUT2D eigenvalue weighted by Gasteiger charge is -2.03. The highest BCUT2D eigenvalue weighted by Gasteiger charge is 2.14. The third-order valence-corrected chi connectivity index (χ3v) is 2.46. The van der Waals surface area contributed by atoms with Gasteiger partial charge in [0.1, 0.15) is 23.1 Å². The van der Waals surface area contributed by atoms with Gasteiger partial charge in [0.05, 0.1) is 0 Å². The molecule has 0 aliphatic carbocycles. The first-order valence-electron chi connectivity index (χ1n) is 5.01. The zero-order valence-electron chi connectivity index (χ0n) is 9.01. The zero-order valence-corrected chi connectivity index (χ0v) is 9.01. The lowest BCUT2D eigenvalue weighted by atomic mass is 10.1. The van der Waals surface area contributed by atoms with Gasteiger partial charge in [-0.2, -0.15) is 0 Å². The fourth-order valence-corrected chi connectivity index (χ4v) is 1.61. The molecule has 0 spiro atoms. The van der Waals surface area contributed by atoms with Crippen LogP contribution in [-0.2, 0) is 6.42 Å². The molecule has 0 radical (unpaired) electrons. The largest absolute Gasteiger partial charge is 0.477 e. The number of aromatic amines is 1. The van der Waals surface area contributed by atoms with Crippen molar-refractivity contribution in [2.75, 3.05) is 0 Å². The highest BCUT2D eigenvalue weighted by molar-refractivity contribution is 5.85. The Hall–Kier alpha value is -2.24. The summed E-state index contributed by atoms with van der Waals surface area (Å²) in [6.45, 7) is 0. The maximum Gasteiger partial charge on any atom is 0.352 e. The number of benzene rings is 1. The summed E-state index contributed by atoms with van der Waals surface area (Å²) in [7, 11) is 0. The zero-order chi connectivity index (χ0) is 13.3. The van der Waals surface area contributed by atoms with E-state index in [0.717, 1.165) is 0 Å². The molecule has 0 bridgehead atoms. The van der Waals surface area contributed by atoms with Gasteiger partial charge < -0.3 is 10.1 Å². The molecule has 3 nitrogen and oxygen atoms in total. The SMILES string of the molecule is O=C(O)c1cc(Cc2c(F)cc(F)cc2F)c[nH]1. The molecule has 2 N–H and O–H groups in total. The van der Waals surface area contributed by atoms with Crippen LogP contribution in [0.15, 0.2) is 24.4 Å². The molecule has 0 unspecified atom stereocenters. The quantitative estimate of drug-likeness (QED) is 0.886. The van der Waals surface area contributed by atoms with Crippen LogP contribution in [0.3, 0.4) is 0 Å². The first-order valence-corrected chi connectivity index (χ1v) is 5.01. The Bertz CT molecular complexity index is 584. The topological polar surface area (TPSA) is 53.1 Å². The van der Waals surface area contributed by atoms with Gasteiger partial charge in [0.2, 0.25) is 0 Å². The van der Waals surface area contributed by atoms with E-state index in [4.69, 9.17) is 5.11 Å².